The van der Waals surface area contributed by atoms with Crippen molar-refractivity contribution in [3.8, 4) is 5.69 Å². The van der Waals surface area contributed by atoms with Gasteiger partial charge < -0.3 is 14.7 Å². The van der Waals surface area contributed by atoms with E-state index in [1.165, 1.54) is 53.2 Å². The molecule has 0 atom stereocenters. The minimum absolute atomic E-state index is 0.785. The average molecular weight is 577 g/mol. The van der Waals surface area contributed by atoms with Crippen LogP contribution in [0.15, 0.2) is 131 Å². The van der Waals surface area contributed by atoms with Crippen molar-refractivity contribution >= 4 is 92.7 Å². The summed E-state index contributed by atoms with van der Waals surface area (Å²) < 4.78 is 11.2. The van der Waals surface area contributed by atoms with Gasteiger partial charge in [-0.15, -0.1) is 23.1 Å². The second kappa shape index (κ2) is 9.15. The quantitative estimate of drug-likeness (QED) is 0.167. The van der Waals surface area contributed by atoms with Crippen LogP contribution < -0.4 is 5.73 Å². The first-order valence-corrected chi connectivity index (χ1v) is 15.8. The third-order valence-electron chi connectivity index (χ3n) is 8.31. The number of anilines is 1. The Hall–Kier alpha value is -4.71. The van der Waals surface area contributed by atoms with Crippen LogP contribution in [0.5, 0.6) is 0 Å². The zero-order valence-corrected chi connectivity index (χ0v) is 24.1. The number of para-hydroxylation sites is 3. The molecule has 9 aromatic rings. The number of rotatable bonds is 4. The van der Waals surface area contributed by atoms with E-state index in [-0.39, 0.29) is 0 Å². The predicted octanol–water partition coefficient (Wildman–Crippen LogP) is 10.9. The van der Waals surface area contributed by atoms with E-state index in [2.05, 4.69) is 102 Å². The molecule has 0 aliphatic carbocycles. The summed E-state index contributed by atoms with van der Waals surface area (Å²) in [6.45, 7) is 0. The van der Waals surface area contributed by atoms with Gasteiger partial charge in [-0.2, -0.15) is 0 Å². The summed E-state index contributed by atoms with van der Waals surface area (Å²) in [6.07, 6.45) is 0. The fraction of sp³-hybridized carbons (Fsp3) is 0.0270. The Morgan fingerprint density at radius 1 is 0.619 bits per heavy atom. The molecule has 3 aromatic heterocycles. The molecule has 3 heterocycles. The highest BCUT2D eigenvalue weighted by Crippen LogP contribution is 2.45. The molecule has 42 heavy (non-hydrogen) atoms. The largest absolute Gasteiger partial charge is 0.456 e. The molecule has 6 aromatic carbocycles. The van der Waals surface area contributed by atoms with Gasteiger partial charge in [0.2, 0.25) is 0 Å². The van der Waals surface area contributed by atoms with Gasteiger partial charge >= 0.3 is 0 Å². The zero-order chi connectivity index (χ0) is 27.8. The van der Waals surface area contributed by atoms with Gasteiger partial charge in [0, 0.05) is 53.4 Å². The predicted molar refractivity (Wildman–Crippen MR) is 181 cm³/mol. The van der Waals surface area contributed by atoms with Crippen molar-refractivity contribution in [2.45, 2.75) is 10.6 Å². The highest BCUT2D eigenvalue weighted by Gasteiger charge is 2.20. The lowest BCUT2D eigenvalue weighted by Gasteiger charge is -2.13. The average Bonchev–Trinajstić information content (AvgIpc) is 3.71. The van der Waals surface area contributed by atoms with Gasteiger partial charge in [-0.3, -0.25) is 0 Å². The number of nitrogens with two attached hydrogens (primary N) is 1. The standard InChI is InChI=1S/C37H24N2OS2/c38-27-18-20-32-35(25-11-3-7-15-31(25)40-32)36(27)41-21-22-17-19-30(37-34(22)26-12-4-8-16-33(26)42-37)39-28-13-5-1-9-23(28)24-10-2-6-14-29(24)39/h1-20H,21,38H2. The Kier molecular flexibility index (Phi) is 5.21. The van der Waals surface area contributed by atoms with Crippen LogP contribution >= 0.6 is 23.1 Å². The maximum Gasteiger partial charge on any atom is 0.136 e. The lowest BCUT2D eigenvalue weighted by atomic mass is 10.1. The zero-order valence-electron chi connectivity index (χ0n) is 22.5. The van der Waals surface area contributed by atoms with Crippen molar-refractivity contribution in [2.75, 3.05) is 5.73 Å². The summed E-state index contributed by atoms with van der Waals surface area (Å²) in [5.41, 5.74) is 14.1. The first-order chi connectivity index (χ1) is 20.8. The number of aromatic nitrogens is 1. The maximum absolute atomic E-state index is 6.61. The minimum Gasteiger partial charge on any atom is -0.456 e. The second-order valence-electron chi connectivity index (χ2n) is 10.7. The molecule has 200 valence electrons. The fourth-order valence-electron chi connectivity index (χ4n) is 6.47. The number of hydrogen-bond acceptors (Lipinski definition) is 4. The van der Waals surface area contributed by atoms with Crippen LogP contribution in [-0.2, 0) is 5.75 Å². The Morgan fingerprint density at radius 2 is 1.29 bits per heavy atom. The minimum atomic E-state index is 0.785. The summed E-state index contributed by atoms with van der Waals surface area (Å²) in [6, 6.07) is 43.0. The topological polar surface area (TPSA) is 44.1 Å². The Balaban J connectivity index is 1.26. The molecule has 0 radical (unpaired) electrons. The van der Waals surface area contributed by atoms with E-state index in [9.17, 15) is 0 Å². The second-order valence-corrected chi connectivity index (χ2v) is 12.7. The lowest BCUT2D eigenvalue weighted by molar-refractivity contribution is 0.668. The van der Waals surface area contributed by atoms with Crippen LogP contribution in [0.2, 0.25) is 0 Å². The molecule has 0 unspecified atom stereocenters. The molecule has 0 spiro atoms. The molecule has 5 heteroatoms. The molecule has 3 nitrogen and oxygen atoms in total. The van der Waals surface area contributed by atoms with Crippen molar-refractivity contribution in [2.24, 2.45) is 0 Å². The summed E-state index contributed by atoms with van der Waals surface area (Å²) >= 11 is 3.68. The Labute approximate surface area is 249 Å². The molecule has 2 N–H and O–H groups in total. The maximum atomic E-state index is 6.61. The van der Waals surface area contributed by atoms with E-state index in [0.29, 0.717) is 0 Å². The van der Waals surface area contributed by atoms with E-state index >= 15 is 0 Å². The molecule has 0 bridgehead atoms. The van der Waals surface area contributed by atoms with Gasteiger partial charge in [0.1, 0.15) is 11.2 Å². The van der Waals surface area contributed by atoms with Crippen molar-refractivity contribution in [3.05, 3.63) is 127 Å². The van der Waals surface area contributed by atoms with Crippen molar-refractivity contribution < 1.29 is 4.42 Å². The Morgan fingerprint density at radius 3 is 2.07 bits per heavy atom. The van der Waals surface area contributed by atoms with Gasteiger partial charge in [-0.25, -0.2) is 0 Å². The van der Waals surface area contributed by atoms with Gasteiger partial charge in [0.15, 0.2) is 0 Å². The molecule has 0 saturated heterocycles. The summed E-state index contributed by atoms with van der Waals surface area (Å²) in [7, 11) is 0. The molecular weight excluding hydrogens is 553 g/mol. The van der Waals surface area contributed by atoms with Crippen LogP contribution in [-0.4, -0.2) is 4.57 Å². The smallest absolute Gasteiger partial charge is 0.136 e. The van der Waals surface area contributed by atoms with E-state index in [4.69, 9.17) is 10.2 Å². The van der Waals surface area contributed by atoms with E-state index in [1.807, 2.05) is 35.6 Å². The number of thiophene rings is 1. The number of hydrogen-bond donors (Lipinski definition) is 1. The van der Waals surface area contributed by atoms with E-state index < -0.39 is 0 Å². The van der Waals surface area contributed by atoms with Gasteiger partial charge in [-0.05, 0) is 48.0 Å². The lowest BCUT2D eigenvalue weighted by Crippen LogP contribution is -1.96. The van der Waals surface area contributed by atoms with Crippen LogP contribution in [0, 0.1) is 0 Å². The van der Waals surface area contributed by atoms with Crippen LogP contribution in [0.4, 0.5) is 5.69 Å². The summed E-state index contributed by atoms with van der Waals surface area (Å²) in [4.78, 5) is 1.08. The monoisotopic (exact) mass is 576 g/mol. The van der Waals surface area contributed by atoms with Crippen molar-refractivity contribution in [3.63, 3.8) is 0 Å². The highest BCUT2D eigenvalue weighted by molar-refractivity contribution is 7.99. The summed E-state index contributed by atoms with van der Waals surface area (Å²) in [5, 5.41) is 7.38. The molecule has 0 fully saturated rings. The van der Waals surface area contributed by atoms with Crippen LogP contribution in [0.1, 0.15) is 5.56 Å². The van der Waals surface area contributed by atoms with E-state index in [0.717, 1.165) is 38.3 Å². The number of nitrogen functional groups attached to an aromatic ring is 1. The molecular formula is C37H24N2OS2. The first kappa shape index (κ1) is 23.9. The molecule has 0 aliphatic rings. The third kappa shape index (κ3) is 3.41. The number of fused-ring (bicyclic) bond motifs is 9. The van der Waals surface area contributed by atoms with Crippen molar-refractivity contribution in [1.29, 1.82) is 0 Å². The SMILES string of the molecule is Nc1ccc2oc3ccccc3c2c1SCc1ccc(-n2c3ccccc3c3ccccc32)c2sc3ccccc3c12. The normalized spacial score (nSPS) is 12.1. The third-order valence-corrected chi connectivity index (χ3v) is 10.7. The van der Waals surface area contributed by atoms with Crippen LogP contribution in [0.3, 0.4) is 0 Å². The van der Waals surface area contributed by atoms with Crippen LogP contribution in [0.25, 0.3) is 69.6 Å². The van der Waals surface area contributed by atoms with E-state index in [1.54, 1.807) is 11.8 Å². The van der Waals surface area contributed by atoms with Gasteiger partial charge in [0.05, 0.1) is 21.4 Å². The van der Waals surface area contributed by atoms with Crippen molar-refractivity contribution in [1.82, 2.24) is 4.57 Å². The number of thioether (sulfide) groups is 1. The Bertz CT molecular complexity index is 2440. The number of benzene rings is 6. The fourth-order valence-corrected chi connectivity index (χ4v) is 8.85. The molecule has 9 rings (SSSR count). The molecule has 0 amide bonds. The molecule has 0 aliphatic heterocycles. The molecule has 0 saturated carbocycles. The number of nitrogens with zero attached hydrogens (tertiary/aromatic N) is 1. The number of furan rings is 1. The first-order valence-electron chi connectivity index (χ1n) is 14.0. The summed E-state index contributed by atoms with van der Waals surface area (Å²) in [5.74, 6) is 0.799. The van der Waals surface area contributed by atoms with Gasteiger partial charge in [0.25, 0.3) is 0 Å². The highest BCUT2D eigenvalue weighted by atomic mass is 32.2. The van der Waals surface area contributed by atoms with Gasteiger partial charge in [-0.1, -0.05) is 78.9 Å².